The minimum Gasteiger partial charge on any atom is -0.469 e. The second-order valence-electron chi connectivity index (χ2n) is 3.55. The molecule has 6 nitrogen and oxygen atoms in total. The quantitative estimate of drug-likeness (QED) is 0.554. The molecule has 1 heterocycles. The molecular formula is C12H14O6. The van der Waals surface area contributed by atoms with Crippen LogP contribution in [0.2, 0.25) is 0 Å². The van der Waals surface area contributed by atoms with E-state index in [1.54, 1.807) is 0 Å². The molecule has 0 aliphatic carbocycles. The average Bonchev–Trinajstić information content (AvgIpc) is 2.77. The maximum absolute atomic E-state index is 11.2. The molecule has 0 amide bonds. The number of carbonyl (C=O) groups excluding carboxylic acids is 3. The van der Waals surface area contributed by atoms with Gasteiger partial charge >= 0.3 is 11.9 Å². The Balaban J connectivity index is 2.84. The normalized spacial score (nSPS) is 9.89. The standard InChI is InChI=1S/C12H14O6/c1-16-11(14)4-3-9-8(5-12(15)17-2)7-18-10(9)6-13/h6-7H,3-5H2,1-2H3. The van der Waals surface area contributed by atoms with Crippen LogP contribution >= 0.6 is 0 Å². The number of hydrogen-bond acceptors (Lipinski definition) is 6. The molecule has 0 atom stereocenters. The molecule has 1 aromatic heterocycles. The highest BCUT2D eigenvalue weighted by Crippen LogP contribution is 2.19. The maximum atomic E-state index is 11.2. The smallest absolute Gasteiger partial charge is 0.310 e. The first kappa shape index (κ1) is 14.0. The summed E-state index contributed by atoms with van der Waals surface area (Å²) in [5.74, 6) is -0.706. The van der Waals surface area contributed by atoms with E-state index in [0.29, 0.717) is 17.4 Å². The molecule has 1 rings (SSSR count). The molecule has 0 fully saturated rings. The molecule has 0 aromatic carbocycles. The van der Waals surface area contributed by atoms with Crippen molar-refractivity contribution in [2.75, 3.05) is 14.2 Å². The van der Waals surface area contributed by atoms with Gasteiger partial charge in [-0.25, -0.2) is 0 Å². The molecule has 18 heavy (non-hydrogen) atoms. The SMILES string of the molecule is COC(=O)CCc1c(CC(=O)OC)coc1C=O. The zero-order chi connectivity index (χ0) is 13.5. The van der Waals surface area contributed by atoms with Crippen LogP contribution in [0.1, 0.15) is 28.1 Å². The van der Waals surface area contributed by atoms with Crippen molar-refractivity contribution in [1.82, 2.24) is 0 Å². The van der Waals surface area contributed by atoms with Crippen molar-refractivity contribution in [1.29, 1.82) is 0 Å². The van der Waals surface area contributed by atoms with E-state index in [1.165, 1.54) is 20.5 Å². The lowest BCUT2D eigenvalue weighted by molar-refractivity contribution is -0.141. The van der Waals surface area contributed by atoms with Crippen LogP contribution in [0.3, 0.4) is 0 Å². The highest BCUT2D eigenvalue weighted by Gasteiger charge is 2.17. The lowest BCUT2D eigenvalue weighted by Crippen LogP contribution is -2.08. The summed E-state index contributed by atoms with van der Waals surface area (Å²) < 4.78 is 14.1. The number of furan rings is 1. The Hall–Kier alpha value is -2.11. The summed E-state index contributed by atoms with van der Waals surface area (Å²) in [6.45, 7) is 0. The molecule has 0 spiro atoms. The van der Waals surface area contributed by atoms with E-state index in [9.17, 15) is 14.4 Å². The van der Waals surface area contributed by atoms with Gasteiger partial charge in [-0.3, -0.25) is 14.4 Å². The van der Waals surface area contributed by atoms with Crippen molar-refractivity contribution >= 4 is 18.2 Å². The number of esters is 2. The Morgan fingerprint density at radius 3 is 2.50 bits per heavy atom. The Bertz CT molecular complexity index is 445. The average molecular weight is 254 g/mol. The molecule has 0 unspecified atom stereocenters. The predicted molar refractivity (Wildman–Crippen MR) is 60.2 cm³/mol. The van der Waals surface area contributed by atoms with Crippen LogP contribution in [0.15, 0.2) is 10.7 Å². The lowest BCUT2D eigenvalue weighted by atomic mass is 10.0. The molecular weight excluding hydrogens is 240 g/mol. The second-order valence-corrected chi connectivity index (χ2v) is 3.55. The largest absolute Gasteiger partial charge is 0.469 e. The fourth-order valence-electron chi connectivity index (χ4n) is 1.52. The number of methoxy groups -OCH3 is 2. The molecule has 0 saturated heterocycles. The highest BCUT2D eigenvalue weighted by molar-refractivity contribution is 5.78. The third-order valence-electron chi connectivity index (χ3n) is 2.49. The Kier molecular flexibility index (Phi) is 5.10. The van der Waals surface area contributed by atoms with Gasteiger partial charge in [-0.2, -0.15) is 0 Å². The van der Waals surface area contributed by atoms with Crippen molar-refractivity contribution in [3.63, 3.8) is 0 Å². The number of ether oxygens (including phenoxy) is 2. The van der Waals surface area contributed by atoms with Crippen LogP contribution in [0.5, 0.6) is 0 Å². The monoisotopic (exact) mass is 254 g/mol. The van der Waals surface area contributed by atoms with Gasteiger partial charge in [-0.05, 0) is 6.42 Å². The van der Waals surface area contributed by atoms with Gasteiger partial charge in [0.05, 0.1) is 26.9 Å². The summed E-state index contributed by atoms with van der Waals surface area (Å²) in [5, 5.41) is 0. The van der Waals surface area contributed by atoms with Crippen LogP contribution in [-0.4, -0.2) is 32.4 Å². The third kappa shape index (κ3) is 3.44. The lowest BCUT2D eigenvalue weighted by Gasteiger charge is -2.02. The number of carbonyl (C=O) groups is 3. The van der Waals surface area contributed by atoms with Crippen molar-refractivity contribution in [2.24, 2.45) is 0 Å². The van der Waals surface area contributed by atoms with Crippen molar-refractivity contribution in [2.45, 2.75) is 19.3 Å². The fraction of sp³-hybridized carbons (Fsp3) is 0.417. The number of aldehydes is 1. The van der Waals surface area contributed by atoms with Crippen molar-refractivity contribution < 1.29 is 28.3 Å². The van der Waals surface area contributed by atoms with E-state index in [1.807, 2.05) is 0 Å². The molecule has 0 radical (unpaired) electrons. The minimum atomic E-state index is -0.437. The first-order chi connectivity index (χ1) is 8.62. The Morgan fingerprint density at radius 1 is 1.28 bits per heavy atom. The van der Waals surface area contributed by atoms with Gasteiger partial charge < -0.3 is 13.9 Å². The summed E-state index contributed by atoms with van der Waals surface area (Å²) in [6.07, 6.45) is 2.28. The fourth-order valence-corrected chi connectivity index (χ4v) is 1.52. The van der Waals surface area contributed by atoms with Crippen molar-refractivity contribution in [3.05, 3.63) is 23.2 Å². The predicted octanol–water partition coefficient (Wildman–Crippen LogP) is 0.913. The Labute approximate surface area is 104 Å². The molecule has 0 aliphatic rings. The summed E-state index contributed by atoms with van der Waals surface area (Å²) in [4.78, 5) is 33.0. The molecule has 0 bridgehead atoms. The first-order valence-corrected chi connectivity index (χ1v) is 5.30. The molecule has 6 heteroatoms. The van der Waals surface area contributed by atoms with E-state index in [-0.39, 0.29) is 25.0 Å². The zero-order valence-electron chi connectivity index (χ0n) is 10.2. The summed E-state index contributed by atoms with van der Waals surface area (Å²) in [7, 11) is 2.56. The molecule has 0 aliphatic heterocycles. The van der Waals surface area contributed by atoms with Gasteiger partial charge in [0, 0.05) is 17.5 Å². The van der Waals surface area contributed by atoms with Crippen LogP contribution < -0.4 is 0 Å². The maximum Gasteiger partial charge on any atom is 0.310 e. The van der Waals surface area contributed by atoms with Crippen LogP contribution in [-0.2, 0) is 31.9 Å². The third-order valence-corrected chi connectivity index (χ3v) is 2.49. The second kappa shape index (κ2) is 6.58. The van der Waals surface area contributed by atoms with Gasteiger partial charge in [-0.1, -0.05) is 0 Å². The summed E-state index contributed by atoms with van der Waals surface area (Å²) in [6, 6.07) is 0. The van der Waals surface area contributed by atoms with Crippen molar-refractivity contribution in [3.8, 4) is 0 Å². The van der Waals surface area contributed by atoms with E-state index in [2.05, 4.69) is 9.47 Å². The van der Waals surface area contributed by atoms with Gasteiger partial charge in [0.15, 0.2) is 12.0 Å². The minimum absolute atomic E-state index is 0.00431. The molecule has 0 N–H and O–H groups in total. The highest BCUT2D eigenvalue weighted by atomic mass is 16.5. The topological polar surface area (TPSA) is 82.8 Å². The molecule has 1 aromatic rings. The zero-order valence-corrected chi connectivity index (χ0v) is 10.2. The Morgan fingerprint density at radius 2 is 1.94 bits per heavy atom. The van der Waals surface area contributed by atoms with Gasteiger partial charge in [0.25, 0.3) is 0 Å². The first-order valence-electron chi connectivity index (χ1n) is 5.30. The molecule has 0 saturated carbocycles. The summed E-state index contributed by atoms with van der Waals surface area (Å²) >= 11 is 0. The van der Waals surface area contributed by atoms with E-state index in [0.717, 1.165) is 0 Å². The van der Waals surface area contributed by atoms with Crippen LogP contribution in [0, 0.1) is 0 Å². The van der Waals surface area contributed by atoms with Crippen LogP contribution in [0.25, 0.3) is 0 Å². The van der Waals surface area contributed by atoms with Crippen LogP contribution in [0.4, 0.5) is 0 Å². The summed E-state index contributed by atoms with van der Waals surface area (Å²) in [5.41, 5.74) is 1.09. The van der Waals surface area contributed by atoms with Gasteiger partial charge in [0.1, 0.15) is 0 Å². The van der Waals surface area contributed by atoms with E-state index < -0.39 is 11.9 Å². The van der Waals surface area contributed by atoms with Gasteiger partial charge in [-0.15, -0.1) is 0 Å². The number of hydrogen-bond donors (Lipinski definition) is 0. The van der Waals surface area contributed by atoms with E-state index >= 15 is 0 Å². The van der Waals surface area contributed by atoms with Gasteiger partial charge in [0.2, 0.25) is 0 Å². The number of rotatable bonds is 6. The molecule has 98 valence electrons. The van der Waals surface area contributed by atoms with E-state index in [4.69, 9.17) is 4.42 Å².